The molecule has 3 saturated heterocycles. The second-order valence-electron chi connectivity index (χ2n) is 20.3. The average Bonchev–Trinajstić information content (AvgIpc) is 3.34. The van der Waals surface area contributed by atoms with Gasteiger partial charge in [0.05, 0.1) is 34.9 Å². The average molecular weight is 987 g/mol. The van der Waals surface area contributed by atoms with Gasteiger partial charge in [-0.25, -0.2) is 14.8 Å². The van der Waals surface area contributed by atoms with Gasteiger partial charge in [-0.05, 0) is 149 Å². The van der Waals surface area contributed by atoms with Gasteiger partial charge in [0.15, 0.2) is 0 Å². The van der Waals surface area contributed by atoms with Gasteiger partial charge in [-0.15, -0.1) is 0 Å². The highest BCUT2D eigenvalue weighted by molar-refractivity contribution is 6.34. The van der Waals surface area contributed by atoms with E-state index in [1.165, 1.54) is 11.0 Å². The lowest BCUT2D eigenvalue weighted by Crippen LogP contribution is -2.52. The molecule has 9 rings (SSSR count). The number of hydrogen-bond acceptors (Lipinski definition) is 10. The molecule has 4 N–H and O–H groups in total. The van der Waals surface area contributed by atoms with E-state index in [9.17, 15) is 32.3 Å². The molecular formula is C52H63ClF3N9O5. The molecule has 5 aliphatic rings. The Morgan fingerprint density at radius 1 is 0.900 bits per heavy atom. The molecule has 70 heavy (non-hydrogen) atoms. The summed E-state index contributed by atoms with van der Waals surface area (Å²) in [7, 11) is 1.64. The van der Waals surface area contributed by atoms with E-state index in [0.717, 1.165) is 120 Å². The second-order valence-corrected chi connectivity index (χ2v) is 20.7. The van der Waals surface area contributed by atoms with Crippen molar-refractivity contribution in [1.82, 2.24) is 30.0 Å². The summed E-state index contributed by atoms with van der Waals surface area (Å²) in [4.78, 5) is 69.1. The van der Waals surface area contributed by atoms with Gasteiger partial charge >= 0.3 is 12.2 Å². The highest BCUT2D eigenvalue weighted by atomic mass is 35.5. The number of rotatable bonds is 10. The van der Waals surface area contributed by atoms with Crippen LogP contribution in [0.25, 0.3) is 10.9 Å². The highest BCUT2D eigenvalue weighted by Gasteiger charge is 2.41. The number of hydrogen-bond donors (Lipinski definition) is 3. The van der Waals surface area contributed by atoms with E-state index in [0.29, 0.717) is 63.8 Å². The van der Waals surface area contributed by atoms with E-state index in [4.69, 9.17) is 22.1 Å². The van der Waals surface area contributed by atoms with Crippen LogP contribution in [0.5, 0.6) is 5.75 Å². The van der Waals surface area contributed by atoms with Crippen LogP contribution in [0, 0.1) is 24.2 Å². The van der Waals surface area contributed by atoms with E-state index in [2.05, 4.69) is 30.4 Å². The molecule has 0 unspecified atom stereocenters. The maximum absolute atomic E-state index is 13.9. The number of imide groups is 1. The number of anilines is 3. The van der Waals surface area contributed by atoms with Crippen molar-refractivity contribution >= 4 is 63.4 Å². The number of amides is 5. The lowest BCUT2D eigenvalue weighted by molar-refractivity contribution is -0.139. The predicted octanol–water partition coefficient (Wildman–Crippen LogP) is 9.35. The standard InChI is InChI=1S/C52H63ClF3N9O5/c1-31(37-24-38(52(54,55)56)27-39(57)25-37)58-47-41-28-40(45(70-3)29-43(41)59-32(2)60-47)34-4-6-35(7-5-34)48(67)64-22-20-62(21-23-64)30-33-10-13-51(14-11-33)15-18-63(19-16-51)49(68)36-8-9-42(53)44(26-36)65-17-12-46(66)61-50(65)69/h8-9,24-29,31,33-35H,4-7,10-23,30,57H2,1-3H3,(H,58,59,60)(H,61,66,69)/t31-,34-,35-/m1/s1. The number of likely N-dealkylation sites (tertiary alicyclic amines) is 1. The quantitative estimate of drug-likeness (QED) is 0.130. The number of ether oxygens (including phenoxy) is 1. The molecule has 1 aromatic heterocycles. The molecule has 2 aliphatic carbocycles. The van der Waals surface area contributed by atoms with Crippen LogP contribution in [0.1, 0.15) is 122 Å². The number of nitrogens with one attached hydrogen (secondary N) is 2. The fraction of sp³-hybridized carbons (Fsp3) is 0.538. The number of fused-ring (bicyclic) bond motifs is 1. The van der Waals surface area contributed by atoms with Crippen molar-refractivity contribution in [3.8, 4) is 5.75 Å². The molecule has 14 nitrogen and oxygen atoms in total. The molecule has 4 aromatic rings. The Morgan fingerprint density at radius 2 is 1.61 bits per heavy atom. The number of carbonyl (C=O) groups is 4. The summed E-state index contributed by atoms with van der Waals surface area (Å²) in [5, 5.41) is 6.75. The van der Waals surface area contributed by atoms with Gasteiger partial charge in [-0.1, -0.05) is 11.6 Å². The molecule has 5 fully saturated rings. The topological polar surface area (TPSA) is 166 Å². The van der Waals surface area contributed by atoms with Crippen LogP contribution < -0.4 is 26.0 Å². The Bertz CT molecular complexity index is 2630. The SMILES string of the molecule is COc1cc2nc(C)nc(N[C@H](C)c3cc(N)cc(C(F)(F)F)c3)c2cc1[C@H]1CC[C@H](C(=O)N2CCN(CC3CCC4(CC3)CCN(C(=O)c3ccc(Cl)c(N5CCC(=O)NC5=O)c3)CC4)CC2)CC1. The maximum atomic E-state index is 13.9. The summed E-state index contributed by atoms with van der Waals surface area (Å²) in [6.45, 7) is 9.40. The number of aromatic nitrogens is 2. The summed E-state index contributed by atoms with van der Waals surface area (Å²) in [6, 6.07) is 11.5. The van der Waals surface area contributed by atoms with Crippen molar-refractivity contribution < 1.29 is 37.1 Å². The number of nitrogens with two attached hydrogens (primary N) is 1. The van der Waals surface area contributed by atoms with Gasteiger partial charge in [0.25, 0.3) is 5.91 Å². The molecule has 5 amide bonds. The molecule has 18 heteroatoms. The minimum absolute atomic E-state index is 0.0318. The molecule has 0 radical (unpaired) electrons. The van der Waals surface area contributed by atoms with Crippen LogP contribution in [0.15, 0.2) is 48.5 Å². The van der Waals surface area contributed by atoms with E-state index < -0.39 is 23.8 Å². The molecule has 3 aliphatic heterocycles. The molecule has 3 aromatic carbocycles. The number of urea groups is 1. The first kappa shape index (κ1) is 49.3. The van der Waals surface area contributed by atoms with Gasteiger partial charge in [0.2, 0.25) is 11.8 Å². The van der Waals surface area contributed by atoms with E-state index in [1.807, 2.05) is 17.0 Å². The number of piperazine rings is 1. The van der Waals surface area contributed by atoms with Crippen LogP contribution >= 0.6 is 11.6 Å². The molecule has 374 valence electrons. The fourth-order valence-electron chi connectivity index (χ4n) is 11.7. The van der Waals surface area contributed by atoms with Gasteiger partial charge < -0.3 is 25.6 Å². The third kappa shape index (κ3) is 10.7. The number of halogens is 4. The van der Waals surface area contributed by atoms with E-state index in [-0.39, 0.29) is 53.6 Å². The highest BCUT2D eigenvalue weighted by Crippen LogP contribution is 2.47. The Labute approximate surface area is 411 Å². The molecular weight excluding hydrogens is 923 g/mol. The maximum Gasteiger partial charge on any atom is 0.416 e. The largest absolute Gasteiger partial charge is 0.496 e. The summed E-state index contributed by atoms with van der Waals surface area (Å²) < 4.78 is 46.8. The summed E-state index contributed by atoms with van der Waals surface area (Å²) in [6.07, 6.45) is 5.41. The van der Waals surface area contributed by atoms with Crippen LogP contribution in [-0.4, -0.2) is 108 Å². The number of methoxy groups -OCH3 is 1. The number of aryl methyl sites for hydroxylation is 1. The Hall–Kier alpha value is -5.68. The zero-order chi connectivity index (χ0) is 49.5. The Kier molecular flexibility index (Phi) is 14.2. The Balaban J connectivity index is 0.735. The number of piperidine rings is 1. The zero-order valence-corrected chi connectivity index (χ0v) is 40.9. The number of carbonyl (C=O) groups excluding carboxylic acids is 4. The number of nitrogen functional groups attached to an aromatic ring is 1. The minimum Gasteiger partial charge on any atom is -0.496 e. The first-order chi connectivity index (χ1) is 33.5. The first-order valence-corrected chi connectivity index (χ1v) is 25.2. The van der Waals surface area contributed by atoms with Crippen LogP contribution in [0.2, 0.25) is 5.02 Å². The molecule has 4 heterocycles. The predicted molar refractivity (Wildman–Crippen MR) is 263 cm³/mol. The van der Waals surface area contributed by atoms with Gasteiger partial charge in [-0.2, -0.15) is 13.2 Å². The smallest absolute Gasteiger partial charge is 0.416 e. The van der Waals surface area contributed by atoms with Crippen LogP contribution in [0.4, 0.5) is 35.2 Å². The number of alkyl halides is 3. The lowest BCUT2D eigenvalue weighted by atomic mass is 9.65. The van der Waals surface area contributed by atoms with Gasteiger partial charge in [0, 0.05) is 87.4 Å². The third-order valence-corrected chi connectivity index (χ3v) is 16.2. The first-order valence-electron chi connectivity index (χ1n) is 24.8. The minimum atomic E-state index is -4.53. The van der Waals surface area contributed by atoms with Crippen molar-refractivity contribution in [3.63, 3.8) is 0 Å². The van der Waals surface area contributed by atoms with Crippen molar-refractivity contribution in [2.45, 2.75) is 103 Å². The van der Waals surface area contributed by atoms with Crippen molar-refractivity contribution in [2.24, 2.45) is 17.3 Å². The zero-order valence-electron chi connectivity index (χ0n) is 40.2. The summed E-state index contributed by atoms with van der Waals surface area (Å²) >= 11 is 6.44. The van der Waals surface area contributed by atoms with Crippen LogP contribution in [0.3, 0.4) is 0 Å². The second kappa shape index (κ2) is 20.2. The Morgan fingerprint density at radius 3 is 2.29 bits per heavy atom. The third-order valence-electron chi connectivity index (χ3n) is 15.8. The van der Waals surface area contributed by atoms with Gasteiger partial charge in [0.1, 0.15) is 17.4 Å². The molecule has 1 spiro atoms. The normalized spacial score (nSPS) is 22.0. The van der Waals surface area contributed by atoms with E-state index >= 15 is 0 Å². The lowest BCUT2D eigenvalue weighted by Gasteiger charge is -2.47. The molecule has 2 saturated carbocycles. The monoisotopic (exact) mass is 985 g/mol. The van der Waals surface area contributed by atoms with Crippen molar-refractivity contribution in [1.29, 1.82) is 0 Å². The summed E-state index contributed by atoms with van der Waals surface area (Å²) in [5.74, 6) is 2.31. The molecule has 1 atom stereocenters. The van der Waals surface area contributed by atoms with Crippen molar-refractivity contribution in [3.05, 3.63) is 81.6 Å². The number of nitrogens with zero attached hydrogens (tertiary/aromatic N) is 6. The van der Waals surface area contributed by atoms with Crippen LogP contribution in [-0.2, 0) is 15.8 Å². The fourth-order valence-corrected chi connectivity index (χ4v) is 11.9. The molecule has 0 bridgehead atoms. The van der Waals surface area contributed by atoms with E-state index in [1.54, 1.807) is 39.2 Å². The summed E-state index contributed by atoms with van der Waals surface area (Å²) in [5.41, 5.74) is 8.33. The number of benzene rings is 3. The van der Waals surface area contributed by atoms with Gasteiger partial charge in [-0.3, -0.25) is 29.5 Å². The van der Waals surface area contributed by atoms with Crippen molar-refractivity contribution in [2.75, 3.05) is 75.4 Å².